The second kappa shape index (κ2) is 13.3. The van der Waals surface area contributed by atoms with Crippen LogP contribution in [0.2, 0.25) is 0 Å². The van der Waals surface area contributed by atoms with E-state index in [4.69, 9.17) is 14.0 Å². The van der Waals surface area contributed by atoms with E-state index in [1.54, 1.807) is 31.0 Å². The average molecular weight is 665 g/mol. The maximum atomic E-state index is 11.9. The number of carbonyl (C=O) groups is 3. The summed E-state index contributed by atoms with van der Waals surface area (Å²) in [6.45, 7) is 13.3. The van der Waals surface area contributed by atoms with Crippen molar-refractivity contribution in [3.63, 3.8) is 0 Å². The minimum absolute atomic E-state index is 0.425. The Morgan fingerprint density at radius 1 is 1.02 bits per heavy atom. The lowest BCUT2D eigenvalue weighted by Crippen LogP contribution is -2.41. The van der Waals surface area contributed by atoms with Crippen LogP contribution in [-0.4, -0.2) is 72.5 Å². The van der Waals surface area contributed by atoms with E-state index in [9.17, 15) is 14.4 Å². The largest absolute Gasteiger partial charge is 0.498 e. The van der Waals surface area contributed by atoms with E-state index < -0.39 is 30.0 Å². The van der Waals surface area contributed by atoms with Crippen LogP contribution in [0.1, 0.15) is 67.8 Å². The number of aromatic nitrogens is 6. The Morgan fingerprint density at radius 3 is 2.10 bits per heavy atom. The van der Waals surface area contributed by atoms with Crippen molar-refractivity contribution in [3.8, 4) is 10.6 Å². The first-order valence-electron chi connectivity index (χ1n) is 12.2. The van der Waals surface area contributed by atoms with E-state index >= 15 is 0 Å². The van der Waals surface area contributed by atoms with Crippen molar-refractivity contribution in [1.82, 2.24) is 29.9 Å². The zero-order chi connectivity index (χ0) is 30.4. The molecule has 0 bridgehead atoms. The SMILES string of the molecule is CC(C)(C)OC(=O)n1cc(B2OC(C)(C)C(C)(C)O2)cn1.O=Cc1cnc(-c2cn[nH]c2)s1.O=Cc1cnc(Br)s1. The number of thiazole rings is 2. The van der Waals surface area contributed by atoms with Gasteiger partial charge in [0.2, 0.25) is 0 Å². The van der Waals surface area contributed by atoms with E-state index in [0.29, 0.717) is 15.2 Å². The highest BCUT2D eigenvalue weighted by Crippen LogP contribution is 2.36. The molecule has 1 fully saturated rings. The number of aldehydes is 2. The smallest absolute Gasteiger partial charge is 0.442 e. The number of hydrogen-bond acceptors (Lipinski definition) is 12. The summed E-state index contributed by atoms with van der Waals surface area (Å²) in [4.78, 5) is 41.4. The van der Waals surface area contributed by atoms with Crippen molar-refractivity contribution in [1.29, 1.82) is 0 Å². The van der Waals surface area contributed by atoms with E-state index in [1.807, 2.05) is 48.5 Å². The molecular weight excluding hydrogens is 635 g/mol. The molecule has 5 heterocycles. The summed E-state index contributed by atoms with van der Waals surface area (Å²) in [6.07, 6.45) is 10.7. The third-order valence-electron chi connectivity index (χ3n) is 5.70. The summed E-state index contributed by atoms with van der Waals surface area (Å²) >= 11 is 5.80. The molecule has 0 amide bonds. The second-order valence-corrected chi connectivity index (χ2v) is 14.0. The van der Waals surface area contributed by atoms with Gasteiger partial charge in [-0.25, -0.2) is 14.8 Å². The van der Waals surface area contributed by atoms with E-state index in [-0.39, 0.29) is 0 Å². The lowest BCUT2D eigenvalue weighted by atomic mass is 9.82. The first kappa shape index (κ1) is 32.5. The van der Waals surface area contributed by atoms with Gasteiger partial charge in [0, 0.05) is 42.0 Å². The van der Waals surface area contributed by atoms with Gasteiger partial charge in [0.1, 0.15) is 10.6 Å². The highest BCUT2D eigenvalue weighted by molar-refractivity contribution is 9.11. The first-order valence-corrected chi connectivity index (χ1v) is 14.7. The maximum Gasteiger partial charge on any atom is 0.498 e. The van der Waals surface area contributed by atoms with Gasteiger partial charge in [-0.2, -0.15) is 14.9 Å². The summed E-state index contributed by atoms with van der Waals surface area (Å²) in [7, 11) is -0.536. The highest BCUT2D eigenvalue weighted by atomic mass is 79.9. The molecule has 41 heavy (non-hydrogen) atoms. The molecule has 1 aliphatic rings. The number of hydrogen-bond donors (Lipinski definition) is 1. The van der Waals surface area contributed by atoms with Gasteiger partial charge in [-0.15, -0.1) is 22.7 Å². The van der Waals surface area contributed by atoms with Crippen molar-refractivity contribution in [2.24, 2.45) is 0 Å². The molecule has 5 rings (SSSR count). The number of H-pyrrole nitrogens is 1. The molecule has 16 heteroatoms. The molecule has 0 aliphatic carbocycles. The third kappa shape index (κ3) is 8.97. The van der Waals surface area contributed by atoms with Crippen LogP contribution in [0.15, 0.2) is 41.1 Å². The molecular formula is C25H30BBrN6O6S2. The van der Waals surface area contributed by atoms with Gasteiger partial charge in [-0.3, -0.25) is 14.7 Å². The summed E-state index contributed by atoms with van der Waals surface area (Å²) in [5.41, 5.74) is 0.192. The Labute approximate surface area is 254 Å². The molecule has 0 atom stereocenters. The van der Waals surface area contributed by atoms with E-state index in [1.165, 1.54) is 28.9 Å². The van der Waals surface area contributed by atoms with Crippen LogP contribution in [-0.2, 0) is 14.0 Å². The molecule has 0 radical (unpaired) electrons. The zero-order valence-electron chi connectivity index (χ0n) is 23.6. The first-order chi connectivity index (χ1) is 19.1. The van der Waals surface area contributed by atoms with Crippen LogP contribution in [0, 0.1) is 0 Å². The molecule has 4 aromatic heterocycles. The van der Waals surface area contributed by atoms with Gasteiger partial charge in [0.05, 0.1) is 27.2 Å². The Kier molecular flexibility index (Phi) is 10.5. The minimum atomic E-state index is -0.562. The van der Waals surface area contributed by atoms with Gasteiger partial charge in [0.25, 0.3) is 0 Å². The molecule has 1 aliphatic heterocycles. The molecule has 12 nitrogen and oxygen atoms in total. The van der Waals surface area contributed by atoms with Crippen LogP contribution in [0.3, 0.4) is 0 Å². The summed E-state index contributed by atoms with van der Waals surface area (Å²) < 4.78 is 19.0. The molecule has 0 aromatic carbocycles. The summed E-state index contributed by atoms with van der Waals surface area (Å²) in [5.74, 6) is 0. The fourth-order valence-corrected chi connectivity index (χ4v) is 4.84. The fourth-order valence-electron chi connectivity index (χ4n) is 3.01. The van der Waals surface area contributed by atoms with Crippen LogP contribution in [0.5, 0.6) is 0 Å². The number of aromatic amines is 1. The van der Waals surface area contributed by atoms with Crippen LogP contribution >= 0.6 is 38.6 Å². The number of halogens is 1. The number of rotatable bonds is 4. The normalized spacial score (nSPS) is 15.3. The molecule has 1 N–H and O–H groups in total. The predicted octanol–water partition coefficient (Wildman–Crippen LogP) is 5.03. The Morgan fingerprint density at radius 2 is 1.63 bits per heavy atom. The van der Waals surface area contributed by atoms with Gasteiger partial charge >= 0.3 is 13.2 Å². The lowest BCUT2D eigenvalue weighted by Gasteiger charge is -2.32. The van der Waals surface area contributed by atoms with E-state index in [2.05, 4.69) is 41.2 Å². The van der Waals surface area contributed by atoms with Gasteiger partial charge in [-0.1, -0.05) is 0 Å². The number of nitrogens with one attached hydrogen (secondary N) is 1. The van der Waals surface area contributed by atoms with Gasteiger partial charge in [0.15, 0.2) is 16.5 Å². The monoisotopic (exact) mass is 664 g/mol. The standard InChI is InChI=1S/C14H23BN2O4.C7H5N3OS.C4H2BrNOS/c1-12(2,3)19-11(18)17-9-10(8-16-17)15-20-13(4,5)14(6,7)21-15;11-4-6-3-8-7(12-6)5-1-9-10-2-5;5-4-6-1-3(2-7)8-4/h8-9H,1-7H3;1-4H,(H,9,10);1-2H. The number of nitrogens with zero attached hydrogens (tertiary/aromatic N) is 5. The fraction of sp³-hybridized carbons (Fsp3) is 0.400. The van der Waals surface area contributed by atoms with Crippen molar-refractivity contribution < 1.29 is 28.4 Å². The molecule has 218 valence electrons. The lowest BCUT2D eigenvalue weighted by molar-refractivity contribution is 0.00578. The van der Waals surface area contributed by atoms with Crippen molar-refractivity contribution in [3.05, 3.63) is 50.9 Å². The Hall–Kier alpha value is -3.05. The van der Waals surface area contributed by atoms with Crippen molar-refractivity contribution in [2.75, 3.05) is 0 Å². The topological polar surface area (TPSA) is 151 Å². The molecule has 0 spiro atoms. The molecule has 0 saturated carbocycles. The summed E-state index contributed by atoms with van der Waals surface area (Å²) in [5, 5.41) is 11.3. The third-order valence-corrected chi connectivity index (χ3v) is 8.08. The van der Waals surface area contributed by atoms with Crippen LogP contribution in [0.4, 0.5) is 4.79 Å². The van der Waals surface area contributed by atoms with Crippen LogP contribution in [0.25, 0.3) is 10.6 Å². The van der Waals surface area contributed by atoms with Crippen molar-refractivity contribution >= 4 is 69.9 Å². The molecule has 1 saturated heterocycles. The second-order valence-electron chi connectivity index (χ2n) is 10.6. The number of carbonyl (C=O) groups excluding carboxylic acids is 3. The Balaban J connectivity index is 0.000000193. The van der Waals surface area contributed by atoms with Crippen LogP contribution < -0.4 is 5.46 Å². The predicted molar refractivity (Wildman–Crippen MR) is 160 cm³/mol. The van der Waals surface area contributed by atoms with Gasteiger partial charge < -0.3 is 14.0 Å². The van der Waals surface area contributed by atoms with Crippen molar-refractivity contribution in [2.45, 2.75) is 65.3 Å². The summed E-state index contributed by atoms with van der Waals surface area (Å²) in [6, 6.07) is 0. The number of ether oxygens (including phenoxy) is 1. The molecule has 4 aromatic rings. The maximum absolute atomic E-state index is 11.9. The molecule has 0 unspecified atom stereocenters. The Bertz CT molecular complexity index is 1440. The zero-order valence-corrected chi connectivity index (χ0v) is 26.8. The average Bonchev–Trinajstić information content (AvgIpc) is 3.70. The highest BCUT2D eigenvalue weighted by Gasteiger charge is 2.52. The quantitative estimate of drug-likeness (QED) is 0.232. The van der Waals surface area contributed by atoms with E-state index in [0.717, 1.165) is 31.7 Å². The minimum Gasteiger partial charge on any atom is -0.442 e. The van der Waals surface area contributed by atoms with Gasteiger partial charge in [-0.05, 0) is 64.4 Å².